The lowest BCUT2D eigenvalue weighted by atomic mass is 9.79. The second-order valence-electron chi connectivity index (χ2n) is 8.42. The van der Waals surface area contributed by atoms with Gasteiger partial charge in [-0.1, -0.05) is 0 Å². The molecule has 0 bridgehead atoms. The van der Waals surface area contributed by atoms with Gasteiger partial charge in [-0.25, -0.2) is 9.18 Å². The zero-order chi connectivity index (χ0) is 23.5. The molecule has 0 saturated carbocycles. The number of aromatic nitrogens is 2. The number of carboxylic acid groups (broad SMARTS) is 1. The number of carbonyl (C=O) groups is 2. The highest BCUT2D eigenvalue weighted by atomic mass is 19.1. The Morgan fingerprint density at radius 2 is 2.09 bits per heavy atom. The second kappa shape index (κ2) is 9.46. The summed E-state index contributed by atoms with van der Waals surface area (Å²) in [7, 11) is 0. The molecular formula is C22H25FN6O4. The van der Waals surface area contributed by atoms with Crippen LogP contribution in [0.3, 0.4) is 0 Å². The van der Waals surface area contributed by atoms with Crippen molar-refractivity contribution in [3.63, 3.8) is 0 Å². The third-order valence-electron chi connectivity index (χ3n) is 6.43. The summed E-state index contributed by atoms with van der Waals surface area (Å²) in [5, 5.41) is 26.6. The van der Waals surface area contributed by atoms with Gasteiger partial charge in [-0.3, -0.25) is 9.48 Å². The minimum Gasteiger partial charge on any atom is -0.465 e. The van der Waals surface area contributed by atoms with Crippen LogP contribution in [0.4, 0.5) is 20.7 Å². The fraction of sp³-hybridized carbons (Fsp3) is 0.455. The Labute approximate surface area is 189 Å². The van der Waals surface area contributed by atoms with E-state index in [-0.39, 0.29) is 41.7 Å². The topological polar surface area (TPSA) is 146 Å². The number of hydrogen-bond donors (Lipinski definition) is 3. The second-order valence-corrected chi connectivity index (χ2v) is 8.42. The molecule has 0 radical (unpaired) electrons. The fourth-order valence-electron chi connectivity index (χ4n) is 4.61. The van der Waals surface area contributed by atoms with Crippen molar-refractivity contribution in [3.8, 4) is 6.07 Å². The SMILES string of the molecule is N#CCC(C1CCN(C(=O)O)C(C2COC2)C1)n1cc(C(N)=O)c(Nc2ccc(F)cc2)n1. The Hall–Kier alpha value is -3.65. The Morgan fingerprint density at radius 1 is 1.36 bits per heavy atom. The average Bonchev–Trinajstić information content (AvgIpc) is 3.16. The molecule has 3 atom stereocenters. The number of ether oxygens (including phenoxy) is 1. The predicted octanol–water partition coefficient (Wildman–Crippen LogP) is 2.72. The quantitative estimate of drug-likeness (QED) is 0.580. The standard InChI is InChI=1S/C22H25FN6O4/c23-15-1-3-16(4-2-15)26-21-17(20(25)30)10-29(27-21)18(5-7-24)13-6-8-28(22(31)32)19(9-13)14-11-33-12-14/h1-4,10,13-14,18-19H,5-6,8-9,11-12H2,(H2,25,30)(H,26,27)(H,31,32). The van der Waals surface area contributed by atoms with Crippen molar-refractivity contribution in [2.45, 2.75) is 31.3 Å². The lowest BCUT2D eigenvalue weighted by Gasteiger charge is -2.46. The lowest BCUT2D eigenvalue weighted by Crippen LogP contribution is -2.54. The Morgan fingerprint density at radius 3 is 2.67 bits per heavy atom. The van der Waals surface area contributed by atoms with Crippen LogP contribution < -0.4 is 11.1 Å². The fourth-order valence-corrected chi connectivity index (χ4v) is 4.61. The highest BCUT2D eigenvalue weighted by molar-refractivity contribution is 5.98. The van der Waals surface area contributed by atoms with E-state index < -0.39 is 17.8 Å². The number of hydrogen-bond acceptors (Lipinski definition) is 6. The molecule has 2 aliphatic rings. The van der Waals surface area contributed by atoms with Crippen molar-refractivity contribution < 1.29 is 23.8 Å². The van der Waals surface area contributed by atoms with Gasteiger partial charge in [0.05, 0.1) is 31.7 Å². The lowest BCUT2D eigenvalue weighted by molar-refractivity contribution is -0.0850. The van der Waals surface area contributed by atoms with E-state index in [1.165, 1.54) is 35.4 Å². The molecule has 1 aromatic carbocycles. The molecule has 1 aromatic heterocycles. The number of carbonyl (C=O) groups excluding carboxylic acids is 1. The Balaban J connectivity index is 1.60. The normalized spacial score (nSPS) is 21.6. The van der Waals surface area contributed by atoms with Crippen LogP contribution in [0.2, 0.25) is 0 Å². The van der Waals surface area contributed by atoms with Crippen LogP contribution in [0.1, 0.15) is 35.7 Å². The molecular weight excluding hydrogens is 431 g/mol. The minimum absolute atomic E-state index is 0.0230. The van der Waals surface area contributed by atoms with Gasteiger partial charge in [-0.15, -0.1) is 0 Å². The van der Waals surface area contributed by atoms with Gasteiger partial charge in [-0.05, 0) is 43.0 Å². The van der Waals surface area contributed by atoms with Crippen LogP contribution >= 0.6 is 0 Å². The molecule has 2 amide bonds. The molecule has 0 spiro atoms. The molecule has 2 aliphatic heterocycles. The van der Waals surface area contributed by atoms with Crippen molar-refractivity contribution in [2.75, 3.05) is 25.1 Å². The van der Waals surface area contributed by atoms with Gasteiger partial charge in [0.15, 0.2) is 5.82 Å². The van der Waals surface area contributed by atoms with Crippen LogP contribution in [0.5, 0.6) is 0 Å². The molecule has 2 saturated heterocycles. The van der Waals surface area contributed by atoms with Gasteiger partial charge in [0.25, 0.3) is 5.91 Å². The van der Waals surface area contributed by atoms with Crippen molar-refractivity contribution in [3.05, 3.63) is 41.8 Å². The molecule has 33 heavy (non-hydrogen) atoms. The highest BCUT2D eigenvalue weighted by Crippen LogP contribution is 2.38. The van der Waals surface area contributed by atoms with Crippen LogP contribution in [0.25, 0.3) is 0 Å². The number of amides is 2. The number of anilines is 2. The molecule has 2 aromatic rings. The summed E-state index contributed by atoms with van der Waals surface area (Å²) in [5.41, 5.74) is 6.23. The molecule has 10 nitrogen and oxygen atoms in total. The summed E-state index contributed by atoms with van der Waals surface area (Å²) in [6.45, 7) is 1.39. The summed E-state index contributed by atoms with van der Waals surface area (Å²) in [5.74, 6) is -0.767. The van der Waals surface area contributed by atoms with Crippen LogP contribution in [0, 0.1) is 29.0 Å². The molecule has 4 rings (SSSR count). The van der Waals surface area contributed by atoms with Crippen molar-refractivity contribution >= 4 is 23.5 Å². The van der Waals surface area contributed by atoms with E-state index in [2.05, 4.69) is 16.5 Å². The van der Waals surface area contributed by atoms with E-state index >= 15 is 0 Å². The van der Waals surface area contributed by atoms with E-state index in [1.807, 2.05) is 0 Å². The van der Waals surface area contributed by atoms with Crippen LogP contribution in [0.15, 0.2) is 30.5 Å². The van der Waals surface area contributed by atoms with Gasteiger partial charge in [0, 0.05) is 30.4 Å². The molecule has 174 valence electrons. The minimum atomic E-state index is -0.955. The van der Waals surface area contributed by atoms with Crippen molar-refractivity contribution in [2.24, 2.45) is 17.6 Å². The summed E-state index contributed by atoms with van der Waals surface area (Å²) in [4.78, 5) is 25.3. The number of nitrogens with zero attached hydrogens (tertiary/aromatic N) is 4. The van der Waals surface area contributed by atoms with Gasteiger partial charge < -0.3 is 25.8 Å². The molecule has 4 N–H and O–H groups in total. The van der Waals surface area contributed by atoms with E-state index in [4.69, 9.17) is 10.5 Å². The van der Waals surface area contributed by atoms with E-state index in [0.29, 0.717) is 38.3 Å². The molecule has 0 aliphatic carbocycles. The smallest absolute Gasteiger partial charge is 0.407 e. The maximum atomic E-state index is 13.2. The van der Waals surface area contributed by atoms with E-state index in [0.717, 1.165) is 0 Å². The Kier molecular flexibility index (Phi) is 6.46. The zero-order valence-electron chi connectivity index (χ0n) is 17.9. The summed E-state index contributed by atoms with van der Waals surface area (Å²) in [6, 6.07) is 7.22. The predicted molar refractivity (Wildman–Crippen MR) is 115 cm³/mol. The van der Waals surface area contributed by atoms with E-state index in [9.17, 15) is 24.3 Å². The largest absolute Gasteiger partial charge is 0.465 e. The van der Waals surface area contributed by atoms with Gasteiger partial charge in [0.2, 0.25) is 0 Å². The van der Waals surface area contributed by atoms with Gasteiger partial charge in [0.1, 0.15) is 11.4 Å². The maximum absolute atomic E-state index is 13.2. The third kappa shape index (κ3) is 4.75. The first-order chi connectivity index (χ1) is 15.9. The van der Waals surface area contributed by atoms with Gasteiger partial charge >= 0.3 is 6.09 Å². The van der Waals surface area contributed by atoms with Crippen LogP contribution in [-0.4, -0.2) is 57.6 Å². The number of piperidine rings is 1. The number of rotatable bonds is 7. The number of primary amides is 1. The third-order valence-corrected chi connectivity index (χ3v) is 6.43. The first kappa shape index (κ1) is 22.5. The number of halogens is 1. The molecule has 3 heterocycles. The first-order valence-corrected chi connectivity index (χ1v) is 10.7. The molecule has 2 fully saturated rings. The summed E-state index contributed by atoms with van der Waals surface area (Å²) < 4.78 is 20.1. The summed E-state index contributed by atoms with van der Waals surface area (Å²) >= 11 is 0. The zero-order valence-corrected chi connectivity index (χ0v) is 17.9. The number of nitrogens with one attached hydrogen (secondary N) is 1. The number of likely N-dealkylation sites (tertiary alicyclic amines) is 1. The van der Waals surface area contributed by atoms with Gasteiger partial charge in [-0.2, -0.15) is 10.4 Å². The number of nitrogens with two attached hydrogens (primary N) is 1. The van der Waals surface area contributed by atoms with E-state index in [1.54, 1.807) is 4.68 Å². The average molecular weight is 456 g/mol. The Bertz CT molecular complexity index is 1060. The first-order valence-electron chi connectivity index (χ1n) is 10.7. The van der Waals surface area contributed by atoms with Crippen molar-refractivity contribution in [1.82, 2.24) is 14.7 Å². The maximum Gasteiger partial charge on any atom is 0.407 e. The highest BCUT2D eigenvalue weighted by Gasteiger charge is 2.42. The van der Waals surface area contributed by atoms with Crippen molar-refractivity contribution in [1.29, 1.82) is 5.26 Å². The molecule has 11 heteroatoms. The van der Waals surface area contributed by atoms with Crippen LogP contribution in [-0.2, 0) is 4.74 Å². The monoisotopic (exact) mass is 456 g/mol. The number of benzene rings is 1. The molecule has 3 unspecified atom stereocenters. The summed E-state index contributed by atoms with van der Waals surface area (Å²) in [6.07, 6.45) is 1.83. The number of nitriles is 1.